The number of carbonyl (C=O) groups excluding carboxylic acids is 1. The largest absolute Gasteiger partial charge is 0.423 e. The topological polar surface area (TPSA) is 26.3 Å². The molecule has 2 nitrogen and oxygen atoms in total. The highest BCUT2D eigenvalue weighted by Gasteiger charge is 2.37. The van der Waals surface area contributed by atoms with Crippen LogP contribution in [-0.4, -0.2) is 5.97 Å². The van der Waals surface area contributed by atoms with E-state index >= 15 is 0 Å². The number of hydrogen-bond acceptors (Lipinski definition) is 2. The van der Waals surface area contributed by atoms with Crippen LogP contribution in [0.15, 0.2) is 42.5 Å². The first kappa shape index (κ1) is 15.3. The molecule has 0 spiro atoms. The Bertz CT molecular complexity index is 666. The van der Waals surface area contributed by atoms with E-state index in [0.717, 1.165) is 12.1 Å². The van der Waals surface area contributed by atoms with Crippen molar-refractivity contribution < 1.29 is 27.1 Å². The molecule has 0 radical (unpaired) electrons. The Balaban J connectivity index is 2.37. The van der Waals surface area contributed by atoms with E-state index < -0.39 is 29.1 Å². The fraction of sp³-hybridized carbons (Fsp3) is 0.0714. The van der Waals surface area contributed by atoms with Gasteiger partial charge in [0, 0.05) is 5.02 Å². The predicted octanol–water partition coefficient (Wildman–Crippen LogP) is 4.72. The van der Waals surface area contributed by atoms with Crippen LogP contribution in [0.1, 0.15) is 15.9 Å². The van der Waals surface area contributed by atoms with Crippen molar-refractivity contribution in [1.82, 2.24) is 0 Å². The lowest BCUT2D eigenvalue weighted by atomic mass is 10.1. The lowest BCUT2D eigenvalue weighted by molar-refractivity contribution is -0.138. The minimum absolute atomic E-state index is 0.0409. The number of halogens is 5. The zero-order valence-electron chi connectivity index (χ0n) is 10.2. The van der Waals surface area contributed by atoms with Gasteiger partial charge in [-0.1, -0.05) is 17.7 Å². The molecule has 0 N–H and O–H groups in total. The first-order valence-electron chi connectivity index (χ1n) is 5.62. The van der Waals surface area contributed by atoms with Gasteiger partial charge in [0.1, 0.15) is 17.1 Å². The van der Waals surface area contributed by atoms with Crippen molar-refractivity contribution in [2.24, 2.45) is 0 Å². The second kappa shape index (κ2) is 5.73. The third kappa shape index (κ3) is 3.52. The van der Waals surface area contributed by atoms with Gasteiger partial charge in [0.25, 0.3) is 0 Å². The Kier molecular flexibility index (Phi) is 4.18. The van der Waals surface area contributed by atoms with Gasteiger partial charge in [0.05, 0.1) is 5.56 Å². The van der Waals surface area contributed by atoms with E-state index in [1.165, 1.54) is 24.3 Å². The Morgan fingerprint density at radius 2 is 1.67 bits per heavy atom. The quantitative estimate of drug-likeness (QED) is 0.455. The van der Waals surface area contributed by atoms with Crippen LogP contribution in [-0.2, 0) is 6.18 Å². The van der Waals surface area contributed by atoms with Gasteiger partial charge in [-0.15, -0.1) is 0 Å². The van der Waals surface area contributed by atoms with Crippen molar-refractivity contribution in [1.29, 1.82) is 0 Å². The summed E-state index contributed by atoms with van der Waals surface area (Å²) >= 11 is 5.63. The van der Waals surface area contributed by atoms with Crippen molar-refractivity contribution >= 4 is 17.6 Å². The normalized spacial score (nSPS) is 11.3. The van der Waals surface area contributed by atoms with Gasteiger partial charge in [0.2, 0.25) is 0 Å². The van der Waals surface area contributed by atoms with E-state index in [0.29, 0.717) is 11.1 Å². The van der Waals surface area contributed by atoms with E-state index in [9.17, 15) is 22.4 Å². The molecule has 0 aromatic heterocycles. The van der Waals surface area contributed by atoms with Gasteiger partial charge in [-0.2, -0.15) is 13.2 Å². The van der Waals surface area contributed by atoms with Crippen LogP contribution in [0.25, 0.3) is 0 Å². The number of esters is 1. The fourth-order valence-electron chi connectivity index (χ4n) is 1.63. The molecule has 7 heteroatoms. The maximum absolute atomic E-state index is 13.6. The third-order valence-electron chi connectivity index (χ3n) is 2.55. The van der Waals surface area contributed by atoms with Gasteiger partial charge in [-0.05, 0) is 36.4 Å². The molecule has 0 aliphatic heterocycles. The molecule has 0 unspecified atom stereocenters. The summed E-state index contributed by atoms with van der Waals surface area (Å²) in [4.78, 5) is 11.8. The zero-order chi connectivity index (χ0) is 15.6. The Morgan fingerprint density at radius 3 is 2.24 bits per heavy atom. The highest BCUT2D eigenvalue weighted by atomic mass is 35.5. The van der Waals surface area contributed by atoms with E-state index in [4.69, 9.17) is 16.3 Å². The van der Waals surface area contributed by atoms with Crippen LogP contribution in [0, 0.1) is 5.82 Å². The van der Waals surface area contributed by atoms with Crippen LogP contribution in [0.3, 0.4) is 0 Å². The van der Waals surface area contributed by atoms with E-state index in [2.05, 4.69) is 0 Å². The smallest absolute Gasteiger partial charge is 0.417 e. The maximum Gasteiger partial charge on any atom is 0.417 e. The van der Waals surface area contributed by atoms with Crippen LogP contribution in [0.5, 0.6) is 5.75 Å². The number of ether oxygens (including phenoxy) is 1. The summed E-state index contributed by atoms with van der Waals surface area (Å²) in [6, 6.07) is 7.58. The van der Waals surface area contributed by atoms with E-state index in [1.807, 2.05) is 0 Å². The fourth-order valence-corrected chi connectivity index (χ4v) is 1.75. The molecule has 0 saturated carbocycles. The summed E-state index contributed by atoms with van der Waals surface area (Å²) in [6.45, 7) is 0. The average molecular weight is 319 g/mol. The molecule has 0 saturated heterocycles. The Labute approximate surface area is 121 Å². The standard InChI is InChI=1S/C14H7ClF4O2/c15-8-4-6-9(7-5-8)21-13(20)12-10(14(17,18)19)2-1-3-11(12)16/h1-7H. The number of alkyl halides is 3. The second-order valence-corrected chi connectivity index (χ2v) is 4.44. The molecule has 0 aliphatic rings. The van der Waals surface area contributed by atoms with Crippen molar-refractivity contribution in [3.05, 3.63) is 64.4 Å². The second-order valence-electron chi connectivity index (χ2n) is 4.00. The van der Waals surface area contributed by atoms with Gasteiger partial charge in [0.15, 0.2) is 0 Å². The van der Waals surface area contributed by atoms with Crippen molar-refractivity contribution in [2.75, 3.05) is 0 Å². The van der Waals surface area contributed by atoms with Crippen LogP contribution < -0.4 is 4.74 Å². The zero-order valence-corrected chi connectivity index (χ0v) is 11.0. The van der Waals surface area contributed by atoms with Crippen LogP contribution in [0.4, 0.5) is 17.6 Å². The minimum atomic E-state index is -4.86. The monoisotopic (exact) mass is 318 g/mol. The minimum Gasteiger partial charge on any atom is -0.423 e. The SMILES string of the molecule is O=C(Oc1ccc(Cl)cc1)c1c(F)cccc1C(F)(F)F. The van der Waals surface area contributed by atoms with Crippen LogP contribution >= 0.6 is 11.6 Å². The molecule has 2 aromatic rings. The molecule has 0 bridgehead atoms. The first-order chi connectivity index (χ1) is 9.79. The summed E-state index contributed by atoms with van der Waals surface area (Å²) in [6.07, 6.45) is -4.86. The van der Waals surface area contributed by atoms with E-state index in [-0.39, 0.29) is 5.75 Å². The number of carbonyl (C=O) groups is 1. The molecule has 0 amide bonds. The van der Waals surface area contributed by atoms with Crippen molar-refractivity contribution in [3.8, 4) is 5.75 Å². The highest BCUT2D eigenvalue weighted by molar-refractivity contribution is 6.30. The molecule has 2 rings (SSSR count). The molecule has 2 aromatic carbocycles. The summed E-state index contributed by atoms with van der Waals surface area (Å²) in [5.41, 5.74) is -2.54. The number of hydrogen-bond donors (Lipinski definition) is 0. The Hall–Kier alpha value is -2.08. The molecule has 0 fully saturated rings. The van der Waals surface area contributed by atoms with Gasteiger partial charge in [-0.25, -0.2) is 9.18 Å². The molecular weight excluding hydrogens is 312 g/mol. The van der Waals surface area contributed by atoms with Crippen molar-refractivity contribution in [2.45, 2.75) is 6.18 Å². The lowest BCUT2D eigenvalue weighted by Crippen LogP contribution is -2.18. The average Bonchev–Trinajstić information content (AvgIpc) is 2.40. The highest BCUT2D eigenvalue weighted by Crippen LogP contribution is 2.33. The van der Waals surface area contributed by atoms with Crippen LogP contribution in [0.2, 0.25) is 5.02 Å². The maximum atomic E-state index is 13.6. The predicted molar refractivity (Wildman–Crippen MR) is 67.8 cm³/mol. The number of benzene rings is 2. The molecular formula is C14H7ClF4O2. The summed E-state index contributed by atoms with van der Waals surface area (Å²) in [7, 11) is 0. The van der Waals surface area contributed by atoms with E-state index in [1.54, 1.807) is 0 Å². The molecule has 21 heavy (non-hydrogen) atoms. The van der Waals surface area contributed by atoms with Gasteiger partial charge in [-0.3, -0.25) is 0 Å². The summed E-state index contributed by atoms with van der Waals surface area (Å²) < 4.78 is 56.7. The molecule has 0 heterocycles. The van der Waals surface area contributed by atoms with Crippen molar-refractivity contribution in [3.63, 3.8) is 0 Å². The third-order valence-corrected chi connectivity index (χ3v) is 2.80. The molecule has 0 aliphatic carbocycles. The lowest BCUT2D eigenvalue weighted by Gasteiger charge is -2.12. The summed E-state index contributed by atoms with van der Waals surface area (Å²) in [5, 5.41) is 0.358. The summed E-state index contributed by atoms with van der Waals surface area (Å²) in [5.74, 6) is -2.77. The number of rotatable bonds is 2. The molecule has 110 valence electrons. The Morgan fingerprint density at radius 1 is 1.05 bits per heavy atom. The van der Waals surface area contributed by atoms with Gasteiger partial charge >= 0.3 is 12.1 Å². The first-order valence-corrected chi connectivity index (χ1v) is 6.00. The molecule has 0 atom stereocenters. The van der Waals surface area contributed by atoms with Gasteiger partial charge < -0.3 is 4.74 Å².